The molecule has 0 N–H and O–H groups in total. The largest absolute Gasteiger partial charge is 0.309 e. The minimum atomic E-state index is 0.624. The van der Waals surface area contributed by atoms with Gasteiger partial charge >= 0.3 is 0 Å². The summed E-state index contributed by atoms with van der Waals surface area (Å²) in [6.07, 6.45) is 0. The maximum Gasteiger partial charge on any atom is 0.164 e. The second kappa shape index (κ2) is 13.3. The average molecular weight is 733 g/mol. The van der Waals surface area contributed by atoms with Crippen LogP contribution in [0.5, 0.6) is 0 Å². The van der Waals surface area contributed by atoms with Gasteiger partial charge in [0.15, 0.2) is 17.5 Å². The highest BCUT2D eigenvalue weighted by Crippen LogP contribution is 2.44. The number of hydrogen-bond acceptors (Lipinski definition) is 4. The Hall–Kier alpha value is -7.21. The Bertz CT molecular complexity index is 3250. The molecule has 0 amide bonds. The van der Waals surface area contributed by atoms with E-state index >= 15 is 0 Å². The minimum absolute atomic E-state index is 0.624. The molecule has 3 aromatic heterocycles. The normalized spacial score (nSPS) is 11.6. The number of nitrogens with zero attached hydrogens (tertiary/aromatic N) is 4. The smallest absolute Gasteiger partial charge is 0.164 e. The quantitative estimate of drug-likeness (QED) is 0.171. The Morgan fingerprint density at radius 3 is 1.70 bits per heavy atom. The molecule has 0 aliphatic carbocycles. The molecule has 0 aliphatic heterocycles. The van der Waals surface area contributed by atoms with E-state index in [1.165, 1.54) is 42.1 Å². The van der Waals surface area contributed by atoms with Crippen molar-refractivity contribution < 1.29 is 0 Å². The lowest BCUT2D eigenvalue weighted by Crippen LogP contribution is -2.01. The number of aromatic nitrogens is 4. The van der Waals surface area contributed by atoms with E-state index in [0.717, 1.165) is 44.5 Å². The molecule has 56 heavy (non-hydrogen) atoms. The molecule has 0 atom stereocenters. The van der Waals surface area contributed by atoms with E-state index in [1.807, 2.05) is 35.6 Å². The molecule has 3 heterocycles. The Morgan fingerprint density at radius 1 is 0.357 bits per heavy atom. The topological polar surface area (TPSA) is 43.6 Å². The van der Waals surface area contributed by atoms with Crippen molar-refractivity contribution in [3.8, 4) is 62.1 Å². The van der Waals surface area contributed by atoms with Gasteiger partial charge in [-0.3, -0.25) is 0 Å². The Kier molecular flexibility index (Phi) is 7.64. The van der Waals surface area contributed by atoms with Crippen LogP contribution in [0.1, 0.15) is 0 Å². The monoisotopic (exact) mass is 732 g/mol. The summed E-state index contributed by atoms with van der Waals surface area (Å²) in [6, 6.07) is 68.5. The number of hydrogen-bond donors (Lipinski definition) is 0. The Morgan fingerprint density at radius 2 is 0.893 bits per heavy atom. The average Bonchev–Trinajstić information content (AvgIpc) is 3.83. The zero-order valence-corrected chi connectivity index (χ0v) is 31.0. The fourth-order valence-corrected chi connectivity index (χ4v) is 9.31. The molecule has 8 aromatic carbocycles. The first-order valence-corrected chi connectivity index (χ1v) is 19.6. The third kappa shape index (κ3) is 5.40. The number of para-hydroxylation sites is 1. The van der Waals surface area contributed by atoms with Crippen molar-refractivity contribution in [3.63, 3.8) is 0 Å². The van der Waals surface area contributed by atoms with Gasteiger partial charge in [0.2, 0.25) is 0 Å². The summed E-state index contributed by atoms with van der Waals surface area (Å²) in [5, 5.41) is 5.07. The Balaban J connectivity index is 1.09. The minimum Gasteiger partial charge on any atom is -0.309 e. The third-order valence-electron chi connectivity index (χ3n) is 10.6. The molecular weight excluding hydrogens is 701 g/mol. The van der Waals surface area contributed by atoms with Gasteiger partial charge in [-0.05, 0) is 53.1 Å². The van der Waals surface area contributed by atoms with Crippen LogP contribution in [-0.4, -0.2) is 19.5 Å². The number of fused-ring (bicyclic) bond motifs is 6. The van der Waals surface area contributed by atoms with Gasteiger partial charge in [-0.2, -0.15) is 0 Å². The molecule has 4 nitrogen and oxygen atoms in total. The molecule has 0 radical (unpaired) electrons. The van der Waals surface area contributed by atoms with Crippen LogP contribution in [0.4, 0.5) is 0 Å². The SMILES string of the molecule is c1ccc(-c2cccc(-c3nc(-c4ccccc4)nc(-c4cccc(-n5c6ccccc6c6c(-c7cccc8c7sc7ccccc78)cccc65)c4)n3)c2)cc1. The predicted molar refractivity (Wildman–Crippen MR) is 234 cm³/mol. The van der Waals surface area contributed by atoms with Crippen molar-refractivity contribution in [1.82, 2.24) is 19.5 Å². The fourth-order valence-electron chi connectivity index (χ4n) is 8.08. The van der Waals surface area contributed by atoms with Gasteiger partial charge in [-0.25, -0.2) is 15.0 Å². The highest BCUT2D eigenvalue weighted by atomic mass is 32.1. The van der Waals surface area contributed by atoms with Crippen LogP contribution in [0.2, 0.25) is 0 Å². The van der Waals surface area contributed by atoms with E-state index < -0.39 is 0 Å². The van der Waals surface area contributed by atoms with Crippen LogP contribution in [0.3, 0.4) is 0 Å². The third-order valence-corrected chi connectivity index (χ3v) is 11.9. The molecular formula is C51H32N4S. The van der Waals surface area contributed by atoms with Crippen molar-refractivity contribution in [2.24, 2.45) is 0 Å². The van der Waals surface area contributed by atoms with Crippen LogP contribution in [0.25, 0.3) is 104 Å². The molecule has 11 rings (SSSR count). The van der Waals surface area contributed by atoms with E-state index in [2.05, 4.69) is 174 Å². The zero-order valence-electron chi connectivity index (χ0n) is 30.2. The summed E-state index contributed by atoms with van der Waals surface area (Å²) in [5.41, 5.74) is 10.9. The molecule has 0 saturated carbocycles. The second-order valence-corrected chi connectivity index (χ2v) is 15.1. The summed E-state index contributed by atoms with van der Waals surface area (Å²) in [6.45, 7) is 0. The van der Waals surface area contributed by atoms with E-state index in [9.17, 15) is 0 Å². The van der Waals surface area contributed by atoms with Crippen LogP contribution < -0.4 is 0 Å². The predicted octanol–water partition coefficient (Wildman–Crippen LogP) is 13.7. The van der Waals surface area contributed by atoms with Gasteiger partial charge in [0.1, 0.15) is 0 Å². The first kappa shape index (κ1) is 32.2. The lowest BCUT2D eigenvalue weighted by Gasteiger charge is -2.12. The molecule has 0 unspecified atom stereocenters. The van der Waals surface area contributed by atoms with Gasteiger partial charge in [-0.1, -0.05) is 158 Å². The van der Waals surface area contributed by atoms with Gasteiger partial charge in [0, 0.05) is 58.9 Å². The molecule has 5 heteroatoms. The zero-order chi connectivity index (χ0) is 37.0. The maximum atomic E-state index is 5.15. The van der Waals surface area contributed by atoms with E-state index in [1.54, 1.807) is 0 Å². The first-order chi connectivity index (χ1) is 27.8. The van der Waals surface area contributed by atoms with Crippen LogP contribution in [-0.2, 0) is 0 Å². The van der Waals surface area contributed by atoms with Crippen molar-refractivity contribution >= 4 is 53.3 Å². The van der Waals surface area contributed by atoms with Crippen molar-refractivity contribution in [2.75, 3.05) is 0 Å². The summed E-state index contributed by atoms with van der Waals surface area (Å²) >= 11 is 1.87. The number of benzene rings is 8. The van der Waals surface area contributed by atoms with E-state index in [4.69, 9.17) is 15.0 Å². The summed E-state index contributed by atoms with van der Waals surface area (Å²) < 4.78 is 5.00. The summed E-state index contributed by atoms with van der Waals surface area (Å²) in [4.78, 5) is 15.3. The molecule has 0 saturated heterocycles. The number of rotatable bonds is 6. The van der Waals surface area contributed by atoms with Gasteiger partial charge < -0.3 is 4.57 Å². The molecule has 0 bridgehead atoms. The highest BCUT2D eigenvalue weighted by molar-refractivity contribution is 7.26. The van der Waals surface area contributed by atoms with Crippen molar-refractivity contribution in [2.45, 2.75) is 0 Å². The lowest BCUT2D eigenvalue weighted by molar-refractivity contribution is 1.07. The maximum absolute atomic E-state index is 5.15. The van der Waals surface area contributed by atoms with Gasteiger partial charge in [0.25, 0.3) is 0 Å². The van der Waals surface area contributed by atoms with E-state index in [0.29, 0.717) is 17.5 Å². The molecule has 0 spiro atoms. The fraction of sp³-hybridized carbons (Fsp3) is 0. The molecule has 262 valence electrons. The number of thiophene rings is 1. The van der Waals surface area contributed by atoms with Gasteiger partial charge in [0.05, 0.1) is 11.0 Å². The first-order valence-electron chi connectivity index (χ1n) is 18.8. The molecule has 0 aliphatic rings. The lowest BCUT2D eigenvalue weighted by atomic mass is 9.98. The summed E-state index contributed by atoms with van der Waals surface area (Å²) in [7, 11) is 0. The molecule has 0 fully saturated rings. The van der Waals surface area contributed by atoms with Crippen molar-refractivity contribution in [1.29, 1.82) is 0 Å². The molecule has 11 aromatic rings. The van der Waals surface area contributed by atoms with Crippen LogP contribution in [0, 0.1) is 0 Å². The van der Waals surface area contributed by atoms with E-state index in [-0.39, 0.29) is 0 Å². The Labute approximate surface area is 327 Å². The second-order valence-electron chi connectivity index (χ2n) is 14.0. The highest BCUT2D eigenvalue weighted by Gasteiger charge is 2.20. The van der Waals surface area contributed by atoms with Gasteiger partial charge in [-0.15, -0.1) is 11.3 Å². The van der Waals surface area contributed by atoms with Crippen LogP contribution in [0.15, 0.2) is 194 Å². The van der Waals surface area contributed by atoms with Crippen molar-refractivity contribution in [3.05, 3.63) is 194 Å². The standard InChI is InChI=1S/C51H32N4S/c1-3-15-33(16-4-1)35-19-11-20-36(31-35)50-52-49(34-17-5-2-6-18-34)53-51(54-50)37-21-12-22-38(32-37)55-44-28-9-7-24-43(44)47-40(25-14-29-45(47)55)42-27-13-26-41-39-23-8-10-30-46(39)56-48(41)42/h1-32H. The summed E-state index contributed by atoms with van der Waals surface area (Å²) in [5.74, 6) is 1.89. The van der Waals surface area contributed by atoms with Crippen LogP contribution >= 0.6 is 11.3 Å².